The van der Waals surface area contributed by atoms with Crippen LogP contribution in [0.25, 0.3) is 0 Å². The first-order valence-electron chi connectivity index (χ1n) is 5.75. The molecule has 0 unspecified atom stereocenters. The highest BCUT2D eigenvalue weighted by atomic mass is 32.2. The summed E-state index contributed by atoms with van der Waals surface area (Å²) in [7, 11) is 0. The van der Waals surface area contributed by atoms with Gasteiger partial charge in [-0.2, -0.15) is 0 Å². The summed E-state index contributed by atoms with van der Waals surface area (Å²) in [6.07, 6.45) is 3.64. The Balaban J connectivity index is 1.87. The van der Waals surface area contributed by atoms with E-state index in [1.54, 1.807) is 0 Å². The minimum absolute atomic E-state index is 0.477. The Bertz CT molecular complexity index is 301. The first-order valence-corrected chi connectivity index (χ1v) is 6.74. The fourth-order valence-electron chi connectivity index (χ4n) is 2.18. The third-order valence-corrected chi connectivity index (χ3v) is 3.93. The molecule has 1 fully saturated rings. The van der Waals surface area contributed by atoms with Crippen molar-refractivity contribution in [1.29, 1.82) is 0 Å². The van der Waals surface area contributed by atoms with Crippen LogP contribution in [-0.2, 0) is 6.42 Å². The smallest absolute Gasteiger partial charge is 0.00720 e. The van der Waals surface area contributed by atoms with Gasteiger partial charge in [-0.05, 0) is 48.6 Å². The van der Waals surface area contributed by atoms with Crippen LogP contribution in [0.15, 0.2) is 29.2 Å². The predicted molar refractivity (Wildman–Crippen MR) is 67.2 cm³/mol. The summed E-state index contributed by atoms with van der Waals surface area (Å²) in [6.45, 7) is 2.19. The quantitative estimate of drug-likeness (QED) is 0.791. The Hall–Kier alpha value is -0.470. The zero-order valence-electron chi connectivity index (χ0n) is 9.28. The molecule has 0 amide bonds. The molecule has 1 aliphatic rings. The lowest BCUT2D eigenvalue weighted by atomic mass is 9.77. The molecular weight excluding hydrogens is 202 g/mol. The second-order valence-corrected chi connectivity index (χ2v) is 5.72. The lowest BCUT2D eigenvalue weighted by Gasteiger charge is -2.32. The van der Waals surface area contributed by atoms with Gasteiger partial charge in [-0.3, -0.25) is 0 Å². The fourth-order valence-corrected chi connectivity index (χ4v) is 2.84. The van der Waals surface area contributed by atoms with Crippen LogP contribution in [0.4, 0.5) is 0 Å². The van der Waals surface area contributed by atoms with E-state index in [1.165, 1.54) is 29.7 Å². The standard InChI is InChI=1S/C13H19NS/c1-2-15-13-5-3-10(4-6-13)7-11-8-12(14)9-11/h3-6,11-12H,2,7-9,14H2,1H3. The van der Waals surface area contributed by atoms with Crippen molar-refractivity contribution < 1.29 is 0 Å². The summed E-state index contributed by atoms with van der Waals surface area (Å²) in [4.78, 5) is 1.38. The molecule has 1 saturated carbocycles. The summed E-state index contributed by atoms with van der Waals surface area (Å²) >= 11 is 1.90. The molecular formula is C13H19NS. The van der Waals surface area contributed by atoms with E-state index in [0.717, 1.165) is 11.7 Å². The van der Waals surface area contributed by atoms with Crippen molar-refractivity contribution in [2.45, 2.75) is 37.1 Å². The van der Waals surface area contributed by atoms with Gasteiger partial charge in [-0.15, -0.1) is 11.8 Å². The van der Waals surface area contributed by atoms with Gasteiger partial charge in [0.25, 0.3) is 0 Å². The number of rotatable bonds is 4. The van der Waals surface area contributed by atoms with Gasteiger partial charge in [0.1, 0.15) is 0 Å². The number of hydrogen-bond acceptors (Lipinski definition) is 2. The molecule has 0 saturated heterocycles. The maximum absolute atomic E-state index is 5.78. The molecule has 2 rings (SSSR count). The molecule has 1 aromatic carbocycles. The van der Waals surface area contributed by atoms with Gasteiger partial charge < -0.3 is 5.73 Å². The minimum Gasteiger partial charge on any atom is -0.328 e. The average molecular weight is 221 g/mol. The van der Waals surface area contributed by atoms with E-state index in [-0.39, 0.29) is 0 Å². The van der Waals surface area contributed by atoms with E-state index < -0.39 is 0 Å². The predicted octanol–water partition coefficient (Wildman–Crippen LogP) is 3.08. The van der Waals surface area contributed by atoms with Crippen LogP contribution < -0.4 is 5.73 Å². The lowest BCUT2D eigenvalue weighted by Crippen LogP contribution is -2.37. The van der Waals surface area contributed by atoms with E-state index in [9.17, 15) is 0 Å². The molecule has 0 heterocycles. The Labute approximate surface area is 96.4 Å². The van der Waals surface area contributed by atoms with E-state index in [1.807, 2.05) is 11.8 Å². The van der Waals surface area contributed by atoms with Gasteiger partial charge >= 0.3 is 0 Å². The van der Waals surface area contributed by atoms with Gasteiger partial charge in [0.15, 0.2) is 0 Å². The summed E-state index contributed by atoms with van der Waals surface area (Å²) in [5, 5.41) is 0. The van der Waals surface area contributed by atoms with Gasteiger partial charge in [-0.25, -0.2) is 0 Å². The maximum Gasteiger partial charge on any atom is 0.00720 e. The highest BCUT2D eigenvalue weighted by Gasteiger charge is 2.25. The Morgan fingerprint density at radius 2 is 1.93 bits per heavy atom. The molecule has 15 heavy (non-hydrogen) atoms. The highest BCUT2D eigenvalue weighted by Crippen LogP contribution is 2.29. The maximum atomic E-state index is 5.78. The molecule has 0 bridgehead atoms. The minimum atomic E-state index is 0.477. The lowest BCUT2D eigenvalue weighted by molar-refractivity contribution is 0.264. The normalized spacial score (nSPS) is 24.9. The molecule has 2 N–H and O–H groups in total. The van der Waals surface area contributed by atoms with Crippen LogP contribution >= 0.6 is 11.8 Å². The van der Waals surface area contributed by atoms with Crippen LogP contribution in [0.2, 0.25) is 0 Å². The van der Waals surface area contributed by atoms with Crippen molar-refractivity contribution in [3.63, 3.8) is 0 Å². The fraction of sp³-hybridized carbons (Fsp3) is 0.538. The molecule has 82 valence electrons. The highest BCUT2D eigenvalue weighted by molar-refractivity contribution is 7.99. The van der Waals surface area contributed by atoms with Crippen molar-refractivity contribution in [2.24, 2.45) is 11.7 Å². The monoisotopic (exact) mass is 221 g/mol. The first-order chi connectivity index (χ1) is 7.28. The van der Waals surface area contributed by atoms with Crippen molar-refractivity contribution in [3.05, 3.63) is 29.8 Å². The van der Waals surface area contributed by atoms with Crippen LogP contribution in [-0.4, -0.2) is 11.8 Å². The Kier molecular flexibility index (Phi) is 3.71. The third-order valence-electron chi connectivity index (χ3n) is 3.03. The van der Waals surface area contributed by atoms with Gasteiger partial charge in [0.2, 0.25) is 0 Å². The van der Waals surface area contributed by atoms with Crippen molar-refractivity contribution in [1.82, 2.24) is 0 Å². The molecule has 0 aromatic heterocycles. The third kappa shape index (κ3) is 2.99. The molecule has 0 radical (unpaired) electrons. The van der Waals surface area contributed by atoms with Crippen LogP contribution in [0.3, 0.4) is 0 Å². The first kappa shape index (κ1) is 11.0. The van der Waals surface area contributed by atoms with Crippen molar-refractivity contribution >= 4 is 11.8 Å². The largest absolute Gasteiger partial charge is 0.328 e. The van der Waals surface area contributed by atoms with E-state index in [2.05, 4.69) is 31.2 Å². The molecule has 0 atom stereocenters. The zero-order valence-corrected chi connectivity index (χ0v) is 10.1. The van der Waals surface area contributed by atoms with Crippen LogP contribution in [0.5, 0.6) is 0 Å². The molecule has 1 nitrogen and oxygen atoms in total. The number of nitrogens with two attached hydrogens (primary N) is 1. The zero-order chi connectivity index (χ0) is 10.7. The average Bonchev–Trinajstić information content (AvgIpc) is 2.19. The van der Waals surface area contributed by atoms with E-state index in [0.29, 0.717) is 6.04 Å². The number of hydrogen-bond donors (Lipinski definition) is 1. The molecule has 1 aromatic rings. The molecule has 1 aliphatic carbocycles. The van der Waals surface area contributed by atoms with Crippen LogP contribution in [0.1, 0.15) is 25.3 Å². The topological polar surface area (TPSA) is 26.0 Å². The molecule has 2 heteroatoms. The second kappa shape index (κ2) is 5.04. The Morgan fingerprint density at radius 3 is 2.47 bits per heavy atom. The summed E-state index contributed by atoms with van der Waals surface area (Å²) < 4.78 is 0. The van der Waals surface area contributed by atoms with Gasteiger partial charge in [0.05, 0.1) is 0 Å². The van der Waals surface area contributed by atoms with Crippen molar-refractivity contribution in [3.8, 4) is 0 Å². The van der Waals surface area contributed by atoms with Gasteiger partial charge in [-0.1, -0.05) is 19.1 Å². The van der Waals surface area contributed by atoms with Crippen LogP contribution in [0, 0.1) is 5.92 Å². The summed E-state index contributed by atoms with van der Waals surface area (Å²) in [5.74, 6) is 1.99. The van der Waals surface area contributed by atoms with Gasteiger partial charge in [0, 0.05) is 10.9 Å². The SMILES string of the molecule is CCSc1ccc(CC2CC(N)C2)cc1. The molecule has 0 aliphatic heterocycles. The summed E-state index contributed by atoms with van der Waals surface area (Å²) in [6, 6.07) is 9.48. The molecule has 0 spiro atoms. The van der Waals surface area contributed by atoms with E-state index >= 15 is 0 Å². The number of benzene rings is 1. The second-order valence-electron chi connectivity index (χ2n) is 4.38. The van der Waals surface area contributed by atoms with E-state index in [4.69, 9.17) is 5.73 Å². The Morgan fingerprint density at radius 1 is 1.27 bits per heavy atom. The number of thioether (sulfide) groups is 1. The summed E-state index contributed by atoms with van der Waals surface area (Å²) in [5.41, 5.74) is 7.25. The van der Waals surface area contributed by atoms with Crippen molar-refractivity contribution in [2.75, 3.05) is 5.75 Å².